The molecule has 0 atom stereocenters. The first-order valence-electron chi connectivity index (χ1n) is 13.4. The number of hydrogen-bond acceptors (Lipinski definition) is 5. The van der Waals surface area contributed by atoms with Crippen molar-refractivity contribution < 1.29 is 24.2 Å². The summed E-state index contributed by atoms with van der Waals surface area (Å²) in [5.74, 6) is -0.727. The Morgan fingerprint density at radius 2 is 1.51 bits per heavy atom. The van der Waals surface area contributed by atoms with Crippen molar-refractivity contribution in [3.63, 3.8) is 0 Å². The van der Waals surface area contributed by atoms with Gasteiger partial charge in [-0.15, -0.1) is 0 Å². The van der Waals surface area contributed by atoms with Gasteiger partial charge in [0.05, 0.1) is 13.0 Å². The molecule has 204 valence electrons. The van der Waals surface area contributed by atoms with E-state index in [1.807, 2.05) is 41.4 Å². The van der Waals surface area contributed by atoms with Crippen LogP contribution in [0.2, 0.25) is 0 Å². The van der Waals surface area contributed by atoms with Crippen LogP contribution < -0.4 is 15.5 Å². The van der Waals surface area contributed by atoms with Gasteiger partial charge in [0.15, 0.2) is 0 Å². The molecule has 2 amide bonds. The molecular weight excluding hydrogens is 494 g/mol. The highest BCUT2D eigenvalue weighted by Crippen LogP contribution is 2.26. The fourth-order valence-electron chi connectivity index (χ4n) is 4.59. The van der Waals surface area contributed by atoms with E-state index in [2.05, 4.69) is 29.8 Å². The fraction of sp³-hybridized carbons (Fsp3) is 0.323. The van der Waals surface area contributed by atoms with Crippen molar-refractivity contribution >= 4 is 17.8 Å². The molecule has 8 nitrogen and oxygen atoms in total. The van der Waals surface area contributed by atoms with E-state index in [9.17, 15) is 14.4 Å². The van der Waals surface area contributed by atoms with Gasteiger partial charge in [0, 0.05) is 30.3 Å². The molecular formula is C31H35N3O5. The van der Waals surface area contributed by atoms with E-state index < -0.39 is 5.97 Å². The van der Waals surface area contributed by atoms with Crippen LogP contribution in [0.25, 0.3) is 0 Å². The van der Waals surface area contributed by atoms with Crippen LogP contribution in [0.4, 0.5) is 0 Å². The van der Waals surface area contributed by atoms with E-state index in [0.29, 0.717) is 24.3 Å². The second kappa shape index (κ2) is 13.6. The van der Waals surface area contributed by atoms with Crippen LogP contribution in [0.3, 0.4) is 0 Å². The topological polar surface area (TPSA) is 108 Å². The first-order chi connectivity index (χ1) is 18.9. The predicted molar refractivity (Wildman–Crippen MR) is 149 cm³/mol. The number of benzene rings is 3. The number of carbonyl (C=O) groups excluding carboxylic acids is 2. The lowest BCUT2D eigenvalue weighted by atomic mass is 10.1. The summed E-state index contributed by atoms with van der Waals surface area (Å²) >= 11 is 0. The third-order valence-electron chi connectivity index (χ3n) is 6.79. The van der Waals surface area contributed by atoms with Crippen LogP contribution in [0.5, 0.6) is 5.75 Å². The van der Waals surface area contributed by atoms with E-state index in [-0.39, 0.29) is 30.8 Å². The molecule has 0 aromatic heterocycles. The molecule has 0 fully saturated rings. The Balaban J connectivity index is 1.44. The molecule has 8 heteroatoms. The lowest BCUT2D eigenvalue weighted by Gasteiger charge is -2.29. The van der Waals surface area contributed by atoms with E-state index in [4.69, 9.17) is 9.84 Å². The monoisotopic (exact) mass is 529 g/mol. The standard InChI is InChI=1S/C31H35N3O5/c1-2-3-18-39-28-14-12-24(13-15-28)31(38)33-34(27-19-25-6-4-5-7-26(25)20-27)21-22-8-10-23(11-9-22)30(37)32-17-16-29(35)36/h4-15,27H,2-3,16-21H2,1H3,(H,32,37)(H,33,38)(H,35,36). The van der Waals surface area contributed by atoms with Gasteiger partial charge in [-0.1, -0.05) is 49.7 Å². The average Bonchev–Trinajstić information content (AvgIpc) is 3.38. The molecule has 0 bridgehead atoms. The third kappa shape index (κ3) is 7.91. The molecule has 1 aliphatic rings. The number of nitrogens with zero attached hydrogens (tertiary/aromatic N) is 1. The molecule has 39 heavy (non-hydrogen) atoms. The number of carbonyl (C=O) groups is 3. The quantitative estimate of drug-likeness (QED) is 0.224. The highest BCUT2D eigenvalue weighted by atomic mass is 16.5. The van der Waals surface area contributed by atoms with Crippen molar-refractivity contribution in [2.75, 3.05) is 13.2 Å². The minimum atomic E-state index is -0.960. The zero-order chi connectivity index (χ0) is 27.6. The summed E-state index contributed by atoms with van der Waals surface area (Å²) in [6.07, 6.45) is 3.56. The molecule has 0 unspecified atom stereocenters. The van der Waals surface area contributed by atoms with Gasteiger partial charge < -0.3 is 15.2 Å². The largest absolute Gasteiger partial charge is 0.494 e. The van der Waals surface area contributed by atoms with Gasteiger partial charge in [-0.3, -0.25) is 19.8 Å². The molecule has 0 heterocycles. The Morgan fingerprint density at radius 1 is 0.897 bits per heavy atom. The Labute approximate surface area is 229 Å². The van der Waals surface area contributed by atoms with E-state index >= 15 is 0 Å². The molecule has 0 radical (unpaired) electrons. The van der Waals surface area contributed by atoms with Crippen LogP contribution in [-0.4, -0.2) is 47.1 Å². The predicted octanol–water partition coefficient (Wildman–Crippen LogP) is 4.38. The minimum absolute atomic E-state index is 0.0732. The first-order valence-corrected chi connectivity index (χ1v) is 13.4. The second-order valence-electron chi connectivity index (χ2n) is 9.72. The Hall–Kier alpha value is -4.17. The van der Waals surface area contributed by atoms with Crippen LogP contribution in [0.15, 0.2) is 72.8 Å². The Kier molecular flexibility index (Phi) is 9.69. The summed E-state index contributed by atoms with van der Waals surface area (Å²) in [7, 11) is 0. The van der Waals surface area contributed by atoms with E-state index in [0.717, 1.165) is 37.0 Å². The Bertz CT molecular complexity index is 1250. The molecule has 3 aromatic carbocycles. The first kappa shape index (κ1) is 27.9. The van der Waals surface area contributed by atoms with Crippen LogP contribution in [0.1, 0.15) is 63.6 Å². The Morgan fingerprint density at radius 3 is 2.13 bits per heavy atom. The zero-order valence-corrected chi connectivity index (χ0v) is 22.2. The maximum Gasteiger partial charge on any atom is 0.305 e. The van der Waals surface area contributed by atoms with Gasteiger partial charge in [-0.2, -0.15) is 0 Å². The van der Waals surface area contributed by atoms with Crippen LogP contribution in [0, 0.1) is 0 Å². The second-order valence-corrected chi connectivity index (χ2v) is 9.72. The molecule has 0 aliphatic heterocycles. The number of amides is 2. The van der Waals surface area contributed by atoms with Gasteiger partial charge in [0.25, 0.3) is 11.8 Å². The van der Waals surface area contributed by atoms with Crippen molar-refractivity contribution in [2.24, 2.45) is 0 Å². The molecule has 0 saturated carbocycles. The van der Waals surface area contributed by atoms with Crippen LogP contribution >= 0.6 is 0 Å². The number of hydrogen-bond donors (Lipinski definition) is 3. The molecule has 0 saturated heterocycles. The minimum Gasteiger partial charge on any atom is -0.494 e. The number of hydrazine groups is 1. The molecule has 3 N–H and O–H groups in total. The van der Waals surface area contributed by atoms with Crippen LogP contribution in [-0.2, 0) is 24.2 Å². The van der Waals surface area contributed by atoms with E-state index in [1.54, 1.807) is 24.3 Å². The summed E-state index contributed by atoms with van der Waals surface area (Å²) in [4.78, 5) is 36.2. The number of carboxylic acids is 1. The number of aliphatic carboxylic acids is 1. The van der Waals surface area contributed by atoms with Crippen molar-refractivity contribution in [1.82, 2.24) is 15.8 Å². The van der Waals surface area contributed by atoms with Gasteiger partial charge in [-0.25, -0.2) is 5.01 Å². The number of unbranched alkanes of at least 4 members (excludes halogenated alkanes) is 1. The van der Waals surface area contributed by atoms with Crippen molar-refractivity contribution in [2.45, 2.75) is 51.6 Å². The summed E-state index contributed by atoms with van der Waals surface area (Å²) in [6, 6.07) is 22.7. The average molecular weight is 530 g/mol. The molecule has 4 rings (SSSR count). The van der Waals surface area contributed by atoms with Gasteiger partial charge in [0.1, 0.15) is 5.75 Å². The highest BCUT2D eigenvalue weighted by Gasteiger charge is 2.28. The summed E-state index contributed by atoms with van der Waals surface area (Å²) in [6.45, 7) is 3.30. The maximum atomic E-state index is 13.3. The van der Waals surface area contributed by atoms with Gasteiger partial charge >= 0.3 is 5.97 Å². The normalized spacial score (nSPS) is 12.7. The number of nitrogens with one attached hydrogen (secondary N) is 2. The third-order valence-corrected chi connectivity index (χ3v) is 6.79. The zero-order valence-electron chi connectivity index (χ0n) is 22.2. The van der Waals surface area contributed by atoms with Crippen molar-refractivity contribution in [3.8, 4) is 5.75 Å². The summed E-state index contributed by atoms with van der Waals surface area (Å²) in [5.41, 5.74) is 7.63. The fourth-order valence-corrected chi connectivity index (χ4v) is 4.59. The number of fused-ring (bicyclic) bond motifs is 1. The lowest BCUT2D eigenvalue weighted by molar-refractivity contribution is -0.136. The van der Waals surface area contributed by atoms with Crippen molar-refractivity contribution in [3.05, 3.63) is 101 Å². The van der Waals surface area contributed by atoms with E-state index in [1.165, 1.54) is 11.1 Å². The number of ether oxygens (including phenoxy) is 1. The SMILES string of the molecule is CCCCOc1ccc(C(=O)NN(Cc2ccc(C(=O)NCCC(=O)O)cc2)C2Cc3ccccc3C2)cc1. The van der Waals surface area contributed by atoms with Gasteiger partial charge in [0.2, 0.25) is 0 Å². The molecule has 0 spiro atoms. The molecule has 1 aliphatic carbocycles. The number of rotatable bonds is 13. The van der Waals surface area contributed by atoms with Gasteiger partial charge in [-0.05, 0) is 72.4 Å². The molecule has 3 aromatic rings. The number of carboxylic acid groups (broad SMARTS) is 1. The summed E-state index contributed by atoms with van der Waals surface area (Å²) in [5, 5.41) is 13.4. The lowest BCUT2D eigenvalue weighted by Crippen LogP contribution is -2.48. The summed E-state index contributed by atoms with van der Waals surface area (Å²) < 4.78 is 5.72. The smallest absolute Gasteiger partial charge is 0.305 e. The maximum absolute atomic E-state index is 13.3. The van der Waals surface area contributed by atoms with Crippen molar-refractivity contribution in [1.29, 1.82) is 0 Å². The highest BCUT2D eigenvalue weighted by molar-refractivity contribution is 5.94.